The summed E-state index contributed by atoms with van der Waals surface area (Å²) in [6.45, 7) is 2.47. The van der Waals surface area contributed by atoms with E-state index in [2.05, 4.69) is 5.32 Å². The normalized spacial score (nSPS) is 15.5. The third-order valence-corrected chi connectivity index (χ3v) is 4.33. The molecule has 26 heavy (non-hydrogen) atoms. The Labute approximate surface area is 161 Å². The fourth-order valence-electron chi connectivity index (χ4n) is 2.59. The van der Waals surface area contributed by atoms with Crippen molar-refractivity contribution in [3.8, 4) is 5.75 Å². The van der Waals surface area contributed by atoms with Gasteiger partial charge in [0.25, 0.3) is 5.91 Å². The Morgan fingerprint density at radius 1 is 1.12 bits per heavy atom. The first kappa shape index (κ1) is 18.3. The summed E-state index contributed by atoms with van der Waals surface area (Å²) < 4.78 is 5.38. The summed E-state index contributed by atoms with van der Waals surface area (Å²) in [4.78, 5) is 25.8. The van der Waals surface area contributed by atoms with Crippen LogP contribution in [0.15, 0.2) is 48.2 Å². The summed E-state index contributed by atoms with van der Waals surface area (Å²) >= 11 is 12.4. The van der Waals surface area contributed by atoms with Crippen molar-refractivity contribution in [1.29, 1.82) is 0 Å². The van der Waals surface area contributed by atoms with E-state index in [4.69, 9.17) is 27.9 Å². The number of urea groups is 1. The van der Waals surface area contributed by atoms with Crippen LogP contribution in [-0.4, -0.2) is 23.4 Å². The van der Waals surface area contributed by atoms with E-state index in [1.165, 1.54) is 0 Å². The summed E-state index contributed by atoms with van der Waals surface area (Å²) in [5, 5.41) is 3.26. The maximum Gasteiger partial charge on any atom is 0.329 e. The molecule has 1 aliphatic rings. The first-order chi connectivity index (χ1) is 12.5. The molecule has 0 aromatic heterocycles. The third kappa shape index (κ3) is 3.84. The van der Waals surface area contributed by atoms with Crippen LogP contribution in [0.25, 0.3) is 6.08 Å². The van der Waals surface area contributed by atoms with Crippen molar-refractivity contribution < 1.29 is 14.3 Å². The van der Waals surface area contributed by atoms with Crippen LogP contribution in [0.5, 0.6) is 5.75 Å². The topological polar surface area (TPSA) is 58.6 Å². The summed E-state index contributed by atoms with van der Waals surface area (Å²) in [5.41, 5.74) is 1.63. The Morgan fingerprint density at radius 3 is 2.38 bits per heavy atom. The van der Waals surface area contributed by atoms with Gasteiger partial charge in [0.15, 0.2) is 5.75 Å². The SMILES string of the molecule is CCOc1c(Cl)cc(/C=C2/NC(=O)N(Cc3ccccc3)C2=O)cc1Cl. The highest BCUT2D eigenvalue weighted by molar-refractivity contribution is 6.37. The van der Waals surface area contributed by atoms with Gasteiger partial charge in [-0.25, -0.2) is 4.79 Å². The van der Waals surface area contributed by atoms with Gasteiger partial charge in [-0.2, -0.15) is 0 Å². The molecule has 0 radical (unpaired) electrons. The highest BCUT2D eigenvalue weighted by Crippen LogP contribution is 2.35. The number of carbonyl (C=O) groups is 2. The monoisotopic (exact) mass is 390 g/mol. The molecule has 0 spiro atoms. The van der Waals surface area contributed by atoms with E-state index in [1.54, 1.807) is 18.2 Å². The molecule has 0 unspecified atom stereocenters. The Hall–Kier alpha value is -2.50. The summed E-state index contributed by atoms with van der Waals surface area (Å²) in [6.07, 6.45) is 1.54. The summed E-state index contributed by atoms with van der Waals surface area (Å²) in [7, 11) is 0. The molecule has 2 aromatic carbocycles. The Morgan fingerprint density at radius 2 is 1.77 bits per heavy atom. The predicted molar refractivity (Wildman–Crippen MR) is 101 cm³/mol. The van der Waals surface area contributed by atoms with E-state index >= 15 is 0 Å². The van der Waals surface area contributed by atoms with Crippen molar-refractivity contribution in [2.75, 3.05) is 6.61 Å². The van der Waals surface area contributed by atoms with Gasteiger partial charge >= 0.3 is 6.03 Å². The van der Waals surface area contributed by atoms with Gasteiger partial charge in [-0.05, 0) is 36.3 Å². The molecule has 2 aromatic rings. The van der Waals surface area contributed by atoms with E-state index in [9.17, 15) is 9.59 Å². The largest absolute Gasteiger partial charge is 0.491 e. The number of carbonyl (C=O) groups excluding carboxylic acids is 2. The van der Waals surface area contributed by atoms with Gasteiger partial charge in [-0.3, -0.25) is 9.69 Å². The van der Waals surface area contributed by atoms with Crippen LogP contribution in [0, 0.1) is 0 Å². The summed E-state index contributed by atoms with van der Waals surface area (Å²) in [5.74, 6) is -0.00884. The van der Waals surface area contributed by atoms with E-state index in [0.717, 1.165) is 10.5 Å². The molecule has 7 heteroatoms. The average Bonchev–Trinajstić information content (AvgIpc) is 2.86. The van der Waals surface area contributed by atoms with Crippen molar-refractivity contribution >= 4 is 41.2 Å². The lowest BCUT2D eigenvalue weighted by Gasteiger charge is -2.11. The van der Waals surface area contributed by atoms with E-state index < -0.39 is 11.9 Å². The van der Waals surface area contributed by atoms with Crippen LogP contribution in [0.2, 0.25) is 10.0 Å². The minimum atomic E-state index is -0.465. The lowest BCUT2D eigenvalue weighted by atomic mass is 10.1. The van der Waals surface area contributed by atoms with Crippen LogP contribution in [0.4, 0.5) is 4.79 Å². The number of ether oxygens (including phenoxy) is 1. The minimum Gasteiger partial charge on any atom is -0.491 e. The smallest absolute Gasteiger partial charge is 0.329 e. The maximum atomic E-state index is 12.5. The molecule has 5 nitrogen and oxygen atoms in total. The molecule has 1 heterocycles. The third-order valence-electron chi connectivity index (χ3n) is 3.77. The van der Waals surface area contributed by atoms with Crippen molar-refractivity contribution in [3.05, 3.63) is 69.3 Å². The van der Waals surface area contributed by atoms with Gasteiger partial charge in [-0.1, -0.05) is 53.5 Å². The van der Waals surface area contributed by atoms with E-state index in [0.29, 0.717) is 28.0 Å². The van der Waals surface area contributed by atoms with Gasteiger partial charge in [0.05, 0.1) is 23.2 Å². The molecule has 0 atom stereocenters. The van der Waals surface area contributed by atoms with Gasteiger partial charge in [0.1, 0.15) is 5.70 Å². The second kappa shape index (κ2) is 7.81. The predicted octanol–water partition coefficient (Wildman–Crippen LogP) is 4.49. The molecule has 1 aliphatic heterocycles. The lowest BCUT2D eigenvalue weighted by Crippen LogP contribution is -2.30. The molecule has 134 valence electrons. The number of nitrogens with one attached hydrogen (secondary N) is 1. The number of rotatable bonds is 5. The molecule has 0 bridgehead atoms. The molecule has 0 saturated carbocycles. The number of nitrogens with zero attached hydrogens (tertiary/aromatic N) is 1. The van der Waals surface area contributed by atoms with Crippen molar-refractivity contribution in [3.63, 3.8) is 0 Å². The van der Waals surface area contributed by atoms with Crippen LogP contribution in [0.1, 0.15) is 18.1 Å². The zero-order chi connectivity index (χ0) is 18.7. The Balaban J connectivity index is 1.84. The molecular formula is C19H16Cl2N2O3. The van der Waals surface area contributed by atoms with Gasteiger partial charge < -0.3 is 10.1 Å². The van der Waals surface area contributed by atoms with Crippen LogP contribution in [0.3, 0.4) is 0 Å². The van der Waals surface area contributed by atoms with Gasteiger partial charge in [-0.15, -0.1) is 0 Å². The highest BCUT2D eigenvalue weighted by Gasteiger charge is 2.33. The quantitative estimate of drug-likeness (QED) is 0.604. The number of amides is 3. The first-order valence-corrected chi connectivity index (χ1v) is 8.75. The molecule has 3 amide bonds. The van der Waals surface area contributed by atoms with Crippen molar-refractivity contribution in [2.24, 2.45) is 0 Å². The fraction of sp³-hybridized carbons (Fsp3) is 0.158. The number of hydrogen-bond donors (Lipinski definition) is 1. The lowest BCUT2D eigenvalue weighted by molar-refractivity contribution is -0.123. The van der Waals surface area contributed by atoms with Crippen LogP contribution >= 0.6 is 23.2 Å². The number of halogens is 2. The number of hydrogen-bond acceptors (Lipinski definition) is 3. The summed E-state index contributed by atoms with van der Waals surface area (Å²) in [6, 6.07) is 12.1. The zero-order valence-electron chi connectivity index (χ0n) is 14.0. The molecule has 1 N–H and O–H groups in total. The van der Waals surface area contributed by atoms with Crippen molar-refractivity contribution in [2.45, 2.75) is 13.5 Å². The van der Waals surface area contributed by atoms with Crippen molar-refractivity contribution in [1.82, 2.24) is 10.2 Å². The highest BCUT2D eigenvalue weighted by atomic mass is 35.5. The first-order valence-electron chi connectivity index (χ1n) is 8.00. The second-order valence-corrected chi connectivity index (χ2v) is 6.43. The van der Waals surface area contributed by atoms with Gasteiger partial charge in [0, 0.05) is 0 Å². The molecule has 1 saturated heterocycles. The van der Waals surface area contributed by atoms with Gasteiger partial charge in [0.2, 0.25) is 0 Å². The van der Waals surface area contributed by atoms with E-state index in [1.807, 2.05) is 37.3 Å². The molecule has 3 rings (SSSR count). The zero-order valence-corrected chi connectivity index (χ0v) is 15.5. The number of benzene rings is 2. The second-order valence-electron chi connectivity index (χ2n) is 5.61. The minimum absolute atomic E-state index is 0.169. The number of imide groups is 1. The Bertz CT molecular complexity index is 859. The molecule has 0 aliphatic carbocycles. The standard InChI is InChI=1S/C19H16Cl2N2O3/c1-2-26-17-14(20)8-13(9-15(17)21)10-16-18(24)23(19(25)22-16)11-12-6-4-3-5-7-12/h3-10H,2,11H2,1H3,(H,22,25)/b16-10+. The fourth-order valence-corrected chi connectivity index (χ4v) is 3.21. The van der Waals surface area contributed by atoms with Crippen LogP contribution in [-0.2, 0) is 11.3 Å². The maximum absolute atomic E-state index is 12.5. The Kier molecular flexibility index (Phi) is 5.49. The van der Waals surface area contributed by atoms with Crippen LogP contribution < -0.4 is 10.1 Å². The molecule has 1 fully saturated rings. The van der Waals surface area contributed by atoms with E-state index in [-0.39, 0.29) is 12.2 Å². The molecular weight excluding hydrogens is 375 g/mol. The average molecular weight is 391 g/mol.